The van der Waals surface area contributed by atoms with Gasteiger partial charge in [-0.15, -0.1) is 13.2 Å². The molecule has 0 amide bonds. The first-order valence-corrected chi connectivity index (χ1v) is 3.42. The van der Waals surface area contributed by atoms with Crippen LogP contribution >= 0.6 is 0 Å². The van der Waals surface area contributed by atoms with Crippen LogP contribution in [-0.2, 0) is 9.47 Å². The van der Waals surface area contributed by atoms with Gasteiger partial charge in [0.2, 0.25) is 0 Å². The van der Waals surface area contributed by atoms with Crippen LogP contribution in [0.5, 0.6) is 0 Å². The second-order valence-corrected chi connectivity index (χ2v) is 1.85. The van der Waals surface area contributed by atoms with Gasteiger partial charge >= 0.3 is 0 Å². The quantitative estimate of drug-likeness (QED) is 0.412. The third kappa shape index (κ3) is 5.58. The van der Waals surface area contributed by atoms with E-state index >= 15 is 0 Å². The summed E-state index contributed by atoms with van der Waals surface area (Å²) in [5.74, 6) is 0. The molecule has 0 aliphatic carbocycles. The van der Waals surface area contributed by atoms with Gasteiger partial charge in [-0.1, -0.05) is 18.7 Å². The van der Waals surface area contributed by atoms with Gasteiger partial charge < -0.3 is 9.47 Å². The normalized spacial score (nSPS) is 9.55. The highest BCUT2D eigenvalue weighted by molar-refractivity contribution is 4.76. The standard InChI is InChI=1S/C9H14O2/c1-4-7-10-9(6-3)11-8-5-2/h4-6,9H,1-3,7-8H2. The van der Waals surface area contributed by atoms with Gasteiger partial charge in [-0.3, -0.25) is 0 Å². The predicted molar refractivity (Wildman–Crippen MR) is 46.3 cm³/mol. The van der Waals surface area contributed by atoms with Gasteiger partial charge in [-0.2, -0.15) is 0 Å². The average Bonchev–Trinajstić information content (AvgIpc) is 2.05. The molecule has 2 nitrogen and oxygen atoms in total. The molecular formula is C9H14O2. The van der Waals surface area contributed by atoms with E-state index in [1.165, 1.54) is 0 Å². The largest absolute Gasteiger partial charge is 0.345 e. The lowest BCUT2D eigenvalue weighted by Crippen LogP contribution is -2.14. The molecule has 0 bridgehead atoms. The van der Waals surface area contributed by atoms with Crippen LogP contribution in [0, 0.1) is 0 Å². The van der Waals surface area contributed by atoms with Crippen LogP contribution in [0.15, 0.2) is 38.0 Å². The molecule has 0 heterocycles. The molecule has 0 aromatic heterocycles. The summed E-state index contributed by atoms with van der Waals surface area (Å²) in [6.07, 6.45) is 4.56. The molecule has 0 N–H and O–H groups in total. The van der Waals surface area contributed by atoms with Gasteiger partial charge in [-0.05, 0) is 6.08 Å². The van der Waals surface area contributed by atoms with E-state index in [0.29, 0.717) is 13.2 Å². The van der Waals surface area contributed by atoms with Gasteiger partial charge in [0.25, 0.3) is 0 Å². The van der Waals surface area contributed by atoms with Crippen molar-refractivity contribution in [2.45, 2.75) is 6.29 Å². The van der Waals surface area contributed by atoms with Crippen molar-refractivity contribution in [3.63, 3.8) is 0 Å². The fourth-order valence-electron chi connectivity index (χ4n) is 0.510. The summed E-state index contributed by atoms with van der Waals surface area (Å²) in [6.45, 7) is 11.5. The Morgan fingerprint density at radius 2 is 1.45 bits per heavy atom. The molecule has 0 aromatic carbocycles. The molecule has 11 heavy (non-hydrogen) atoms. The van der Waals surface area contributed by atoms with Crippen LogP contribution in [0.25, 0.3) is 0 Å². The third-order valence-electron chi connectivity index (χ3n) is 0.949. The van der Waals surface area contributed by atoms with E-state index in [0.717, 1.165) is 0 Å². The molecule has 0 rings (SSSR count). The van der Waals surface area contributed by atoms with Crippen molar-refractivity contribution < 1.29 is 9.47 Å². The number of hydrogen-bond acceptors (Lipinski definition) is 2. The smallest absolute Gasteiger partial charge is 0.177 e. The molecule has 0 aliphatic heterocycles. The Morgan fingerprint density at radius 1 is 1.00 bits per heavy atom. The molecule has 0 aliphatic rings. The first-order chi connectivity index (χ1) is 5.35. The lowest BCUT2D eigenvalue weighted by molar-refractivity contribution is -0.0932. The summed E-state index contributed by atoms with van der Waals surface area (Å²) in [6, 6.07) is 0. The summed E-state index contributed by atoms with van der Waals surface area (Å²) in [7, 11) is 0. The van der Waals surface area contributed by atoms with E-state index in [4.69, 9.17) is 9.47 Å². The minimum Gasteiger partial charge on any atom is -0.345 e. The number of ether oxygens (including phenoxy) is 2. The van der Waals surface area contributed by atoms with E-state index in [1.54, 1.807) is 18.2 Å². The SMILES string of the molecule is C=CCOC(C=C)OCC=C. The molecule has 0 fully saturated rings. The highest BCUT2D eigenvalue weighted by Gasteiger charge is 1.99. The van der Waals surface area contributed by atoms with E-state index < -0.39 is 0 Å². The van der Waals surface area contributed by atoms with Gasteiger partial charge in [-0.25, -0.2) is 0 Å². The zero-order valence-corrected chi connectivity index (χ0v) is 6.66. The summed E-state index contributed by atoms with van der Waals surface area (Å²) in [4.78, 5) is 0. The summed E-state index contributed by atoms with van der Waals surface area (Å²) in [5, 5.41) is 0. The molecule has 0 saturated heterocycles. The van der Waals surface area contributed by atoms with E-state index in [1.807, 2.05) is 0 Å². The predicted octanol–water partition coefficient (Wildman–Crippen LogP) is 1.90. The Hall–Kier alpha value is -0.860. The first kappa shape index (κ1) is 10.1. The van der Waals surface area contributed by atoms with Crippen molar-refractivity contribution >= 4 is 0 Å². The van der Waals surface area contributed by atoms with E-state index in [9.17, 15) is 0 Å². The number of hydrogen-bond donors (Lipinski definition) is 0. The zero-order chi connectivity index (χ0) is 8.53. The Labute approximate surface area is 67.8 Å². The minimum atomic E-state index is -0.356. The highest BCUT2D eigenvalue weighted by atomic mass is 16.7. The van der Waals surface area contributed by atoms with Crippen molar-refractivity contribution in [2.24, 2.45) is 0 Å². The summed E-state index contributed by atoms with van der Waals surface area (Å²) >= 11 is 0. The van der Waals surface area contributed by atoms with Crippen LogP contribution < -0.4 is 0 Å². The highest BCUT2D eigenvalue weighted by Crippen LogP contribution is 1.95. The zero-order valence-electron chi connectivity index (χ0n) is 6.66. The maximum atomic E-state index is 5.14. The summed E-state index contributed by atoms with van der Waals surface area (Å²) in [5.41, 5.74) is 0. The molecule has 2 heteroatoms. The lowest BCUT2D eigenvalue weighted by atomic mass is 10.6. The molecule has 0 unspecified atom stereocenters. The molecular weight excluding hydrogens is 140 g/mol. The van der Waals surface area contributed by atoms with Crippen molar-refractivity contribution in [1.29, 1.82) is 0 Å². The number of rotatable bonds is 7. The van der Waals surface area contributed by atoms with Crippen molar-refractivity contribution in [3.05, 3.63) is 38.0 Å². The topological polar surface area (TPSA) is 18.5 Å². The van der Waals surface area contributed by atoms with E-state index in [-0.39, 0.29) is 6.29 Å². The van der Waals surface area contributed by atoms with Crippen molar-refractivity contribution in [3.8, 4) is 0 Å². The van der Waals surface area contributed by atoms with Crippen molar-refractivity contribution in [2.75, 3.05) is 13.2 Å². The second-order valence-electron chi connectivity index (χ2n) is 1.85. The third-order valence-corrected chi connectivity index (χ3v) is 0.949. The Bertz CT molecular complexity index is 118. The second kappa shape index (κ2) is 7.25. The van der Waals surface area contributed by atoms with Crippen LogP contribution in [-0.4, -0.2) is 19.5 Å². The fraction of sp³-hybridized carbons (Fsp3) is 0.333. The Morgan fingerprint density at radius 3 is 1.73 bits per heavy atom. The van der Waals surface area contributed by atoms with Gasteiger partial charge in [0.15, 0.2) is 6.29 Å². The monoisotopic (exact) mass is 154 g/mol. The fourth-order valence-corrected chi connectivity index (χ4v) is 0.510. The molecule has 0 aromatic rings. The molecule has 0 atom stereocenters. The lowest BCUT2D eigenvalue weighted by Gasteiger charge is -2.11. The van der Waals surface area contributed by atoms with Crippen LogP contribution in [0.1, 0.15) is 0 Å². The van der Waals surface area contributed by atoms with Gasteiger partial charge in [0, 0.05) is 0 Å². The maximum Gasteiger partial charge on any atom is 0.177 e. The molecule has 62 valence electrons. The molecule has 0 spiro atoms. The maximum absolute atomic E-state index is 5.14. The van der Waals surface area contributed by atoms with Gasteiger partial charge in [0.1, 0.15) is 0 Å². The Balaban J connectivity index is 3.47. The Kier molecular flexibility index (Phi) is 6.68. The molecule has 0 radical (unpaired) electrons. The molecule has 0 saturated carbocycles. The van der Waals surface area contributed by atoms with Crippen LogP contribution in [0.2, 0.25) is 0 Å². The van der Waals surface area contributed by atoms with Crippen LogP contribution in [0.3, 0.4) is 0 Å². The van der Waals surface area contributed by atoms with E-state index in [2.05, 4.69) is 19.7 Å². The van der Waals surface area contributed by atoms with Gasteiger partial charge in [0.05, 0.1) is 13.2 Å². The minimum absolute atomic E-state index is 0.356. The van der Waals surface area contributed by atoms with Crippen molar-refractivity contribution in [1.82, 2.24) is 0 Å². The summed E-state index contributed by atoms with van der Waals surface area (Å²) < 4.78 is 10.3. The van der Waals surface area contributed by atoms with Crippen LogP contribution in [0.4, 0.5) is 0 Å². The first-order valence-electron chi connectivity index (χ1n) is 3.42. The average molecular weight is 154 g/mol.